The van der Waals surface area contributed by atoms with Gasteiger partial charge in [0, 0.05) is 0 Å². The van der Waals surface area contributed by atoms with Crippen molar-refractivity contribution >= 4 is 29.6 Å². The highest BCUT2D eigenvalue weighted by atomic mass is 35.5. The quantitative estimate of drug-likeness (QED) is 0.454. The lowest BCUT2D eigenvalue weighted by molar-refractivity contribution is 0.112. The molecule has 5 heteroatoms. The number of aldehydes is 1. The Labute approximate surface area is 98.6 Å². The third-order valence-corrected chi connectivity index (χ3v) is 3.19. The number of carbonyl (C=O) groups excluding carboxylic acids is 1. The number of halogens is 1. The SMILES string of the molecule is CC(C)CCSc1ncnc(Cl)c1C=O. The Morgan fingerprint density at radius 3 is 2.87 bits per heavy atom. The molecule has 1 aromatic rings. The molecule has 1 aromatic heterocycles. The van der Waals surface area contributed by atoms with Crippen LogP contribution in [0, 0.1) is 5.92 Å². The standard InChI is InChI=1S/C10H13ClN2OS/c1-7(2)3-4-15-10-8(5-14)9(11)12-6-13-10/h5-7H,3-4H2,1-2H3. The highest BCUT2D eigenvalue weighted by Gasteiger charge is 2.09. The first-order valence-corrected chi connectivity index (χ1v) is 6.10. The number of carbonyl (C=O) groups is 1. The van der Waals surface area contributed by atoms with Crippen LogP contribution in [0.1, 0.15) is 30.6 Å². The van der Waals surface area contributed by atoms with Crippen LogP contribution in [-0.2, 0) is 0 Å². The summed E-state index contributed by atoms with van der Waals surface area (Å²) in [5.74, 6) is 1.58. The number of thioether (sulfide) groups is 1. The maximum Gasteiger partial charge on any atom is 0.155 e. The maximum atomic E-state index is 10.8. The fraction of sp³-hybridized carbons (Fsp3) is 0.500. The van der Waals surface area contributed by atoms with Crippen LogP contribution in [0.4, 0.5) is 0 Å². The van der Waals surface area contributed by atoms with Crippen LogP contribution >= 0.6 is 23.4 Å². The van der Waals surface area contributed by atoms with Gasteiger partial charge in [-0.3, -0.25) is 4.79 Å². The molecule has 0 N–H and O–H groups in total. The molecule has 0 aliphatic carbocycles. The normalized spacial score (nSPS) is 10.7. The first-order valence-electron chi connectivity index (χ1n) is 4.73. The average molecular weight is 245 g/mol. The second-order valence-electron chi connectivity index (χ2n) is 3.53. The topological polar surface area (TPSA) is 42.9 Å². The summed E-state index contributed by atoms with van der Waals surface area (Å²) >= 11 is 7.32. The van der Waals surface area contributed by atoms with E-state index in [0.29, 0.717) is 22.8 Å². The minimum absolute atomic E-state index is 0.229. The molecule has 0 saturated carbocycles. The second kappa shape index (κ2) is 6.08. The van der Waals surface area contributed by atoms with Crippen LogP contribution in [0.15, 0.2) is 11.4 Å². The van der Waals surface area contributed by atoms with E-state index in [1.165, 1.54) is 6.33 Å². The number of hydrogen-bond acceptors (Lipinski definition) is 4. The summed E-state index contributed by atoms with van der Waals surface area (Å²) in [6.45, 7) is 4.32. The van der Waals surface area contributed by atoms with E-state index in [-0.39, 0.29) is 5.15 Å². The van der Waals surface area contributed by atoms with Gasteiger partial charge in [-0.1, -0.05) is 25.4 Å². The Morgan fingerprint density at radius 1 is 1.53 bits per heavy atom. The molecule has 3 nitrogen and oxygen atoms in total. The summed E-state index contributed by atoms with van der Waals surface area (Å²) < 4.78 is 0. The van der Waals surface area contributed by atoms with E-state index in [4.69, 9.17) is 11.6 Å². The molecule has 0 aliphatic rings. The lowest BCUT2D eigenvalue weighted by atomic mass is 10.2. The van der Waals surface area contributed by atoms with Crippen molar-refractivity contribution in [2.75, 3.05) is 5.75 Å². The third kappa shape index (κ3) is 3.80. The summed E-state index contributed by atoms with van der Waals surface area (Å²) in [6, 6.07) is 0. The Kier molecular flexibility index (Phi) is 5.05. The predicted octanol–water partition coefficient (Wildman–Crippen LogP) is 3.08. The first-order chi connectivity index (χ1) is 7.15. The van der Waals surface area contributed by atoms with E-state index in [1.807, 2.05) is 0 Å². The van der Waals surface area contributed by atoms with Crippen LogP contribution in [0.25, 0.3) is 0 Å². The number of rotatable bonds is 5. The van der Waals surface area contributed by atoms with Gasteiger partial charge in [-0.05, 0) is 18.1 Å². The largest absolute Gasteiger partial charge is 0.298 e. The zero-order chi connectivity index (χ0) is 11.3. The van der Waals surface area contributed by atoms with Crippen molar-refractivity contribution in [3.05, 3.63) is 17.0 Å². The maximum absolute atomic E-state index is 10.8. The van der Waals surface area contributed by atoms with Crippen molar-refractivity contribution in [2.45, 2.75) is 25.3 Å². The van der Waals surface area contributed by atoms with E-state index in [9.17, 15) is 4.79 Å². The van der Waals surface area contributed by atoms with Crippen LogP contribution in [0.2, 0.25) is 5.15 Å². The van der Waals surface area contributed by atoms with Crippen LogP contribution in [-0.4, -0.2) is 22.0 Å². The molecule has 0 saturated heterocycles. The molecule has 0 amide bonds. The van der Waals surface area contributed by atoms with Gasteiger partial charge in [0.15, 0.2) is 6.29 Å². The lowest BCUT2D eigenvalue weighted by Gasteiger charge is -2.05. The Bertz CT molecular complexity index is 344. The molecule has 0 aromatic carbocycles. The fourth-order valence-corrected chi connectivity index (χ4v) is 2.40. The van der Waals surface area contributed by atoms with Gasteiger partial charge < -0.3 is 0 Å². The Balaban J connectivity index is 2.68. The van der Waals surface area contributed by atoms with Crippen molar-refractivity contribution in [1.29, 1.82) is 0 Å². The molecule has 1 rings (SSSR count). The predicted molar refractivity (Wildman–Crippen MR) is 62.6 cm³/mol. The third-order valence-electron chi connectivity index (χ3n) is 1.85. The number of hydrogen-bond donors (Lipinski definition) is 0. The minimum atomic E-state index is 0.229. The molecule has 0 atom stereocenters. The molecule has 0 radical (unpaired) electrons. The highest BCUT2D eigenvalue weighted by Crippen LogP contribution is 2.24. The second-order valence-corrected chi connectivity index (χ2v) is 4.97. The highest BCUT2D eigenvalue weighted by molar-refractivity contribution is 7.99. The van der Waals surface area contributed by atoms with Gasteiger partial charge in [0.2, 0.25) is 0 Å². The van der Waals surface area contributed by atoms with E-state index in [2.05, 4.69) is 23.8 Å². The van der Waals surface area contributed by atoms with Gasteiger partial charge in [0.25, 0.3) is 0 Å². The molecule has 82 valence electrons. The molecule has 0 fully saturated rings. The van der Waals surface area contributed by atoms with Crippen molar-refractivity contribution in [1.82, 2.24) is 9.97 Å². The van der Waals surface area contributed by atoms with Gasteiger partial charge in [-0.15, -0.1) is 11.8 Å². The van der Waals surface area contributed by atoms with Crippen LogP contribution < -0.4 is 0 Å². The van der Waals surface area contributed by atoms with Crippen molar-refractivity contribution in [3.8, 4) is 0 Å². The smallest absolute Gasteiger partial charge is 0.155 e. The first kappa shape index (κ1) is 12.5. The van der Waals surface area contributed by atoms with E-state index < -0.39 is 0 Å². The Hall–Kier alpha value is -0.610. The zero-order valence-electron chi connectivity index (χ0n) is 8.74. The zero-order valence-corrected chi connectivity index (χ0v) is 10.3. The summed E-state index contributed by atoms with van der Waals surface area (Å²) in [6.07, 6.45) is 3.18. The summed E-state index contributed by atoms with van der Waals surface area (Å²) in [5.41, 5.74) is 0.396. The minimum Gasteiger partial charge on any atom is -0.298 e. The van der Waals surface area contributed by atoms with Crippen molar-refractivity contribution in [2.24, 2.45) is 5.92 Å². The van der Waals surface area contributed by atoms with E-state index >= 15 is 0 Å². The van der Waals surface area contributed by atoms with Crippen molar-refractivity contribution < 1.29 is 4.79 Å². The molecule has 0 aliphatic heterocycles. The molecule has 1 heterocycles. The molecule has 0 spiro atoms. The van der Waals surface area contributed by atoms with Gasteiger partial charge in [0.05, 0.1) is 5.56 Å². The monoisotopic (exact) mass is 244 g/mol. The summed E-state index contributed by atoms with van der Waals surface area (Å²) in [7, 11) is 0. The molecule has 15 heavy (non-hydrogen) atoms. The molecule has 0 bridgehead atoms. The van der Waals surface area contributed by atoms with Gasteiger partial charge >= 0.3 is 0 Å². The molecule has 0 unspecified atom stereocenters. The molecular weight excluding hydrogens is 232 g/mol. The summed E-state index contributed by atoms with van der Waals surface area (Å²) in [5, 5.41) is 0.901. The summed E-state index contributed by atoms with van der Waals surface area (Å²) in [4.78, 5) is 18.6. The van der Waals surface area contributed by atoms with E-state index in [1.54, 1.807) is 11.8 Å². The lowest BCUT2D eigenvalue weighted by Crippen LogP contribution is -1.96. The van der Waals surface area contributed by atoms with Gasteiger partial charge in [-0.25, -0.2) is 9.97 Å². The van der Waals surface area contributed by atoms with Crippen LogP contribution in [0.5, 0.6) is 0 Å². The van der Waals surface area contributed by atoms with Gasteiger partial charge in [-0.2, -0.15) is 0 Å². The van der Waals surface area contributed by atoms with Crippen LogP contribution in [0.3, 0.4) is 0 Å². The Morgan fingerprint density at radius 2 is 2.27 bits per heavy atom. The van der Waals surface area contributed by atoms with Gasteiger partial charge in [0.1, 0.15) is 16.5 Å². The molecular formula is C10H13ClN2OS. The fourth-order valence-electron chi connectivity index (χ4n) is 0.965. The average Bonchev–Trinajstić information content (AvgIpc) is 2.17. The number of nitrogens with zero attached hydrogens (tertiary/aromatic N) is 2. The number of aromatic nitrogens is 2. The van der Waals surface area contributed by atoms with Crippen molar-refractivity contribution in [3.63, 3.8) is 0 Å². The van der Waals surface area contributed by atoms with E-state index in [0.717, 1.165) is 12.2 Å².